The lowest BCUT2D eigenvalue weighted by Crippen LogP contribution is -2.47. The van der Waals surface area contributed by atoms with E-state index in [1.165, 1.54) is 0 Å². The molecular formula is C17H23NO4S. The summed E-state index contributed by atoms with van der Waals surface area (Å²) in [6.45, 7) is 4.11. The lowest BCUT2D eigenvalue weighted by Gasteiger charge is -2.32. The highest BCUT2D eigenvalue weighted by Crippen LogP contribution is 2.39. The van der Waals surface area contributed by atoms with Crippen molar-refractivity contribution >= 4 is 16.0 Å². The number of sulfonamides is 1. The molecule has 0 aromatic heterocycles. The van der Waals surface area contributed by atoms with Gasteiger partial charge in [-0.3, -0.25) is 4.79 Å². The summed E-state index contributed by atoms with van der Waals surface area (Å²) >= 11 is 0. The number of carbonyl (C=O) groups is 1. The molecule has 0 radical (unpaired) electrons. The van der Waals surface area contributed by atoms with Crippen LogP contribution in [-0.4, -0.2) is 41.1 Å². The Morgan fingerprint density at radius 1 is 1.26 bits per heavy atom. The van der Waals surface area contributed by atoms with Gasteiger partial charge in [0.1, 0.15) is 0 Å². The molecule has 126 valence electrons. The topological polar surface area (TPSA) is 74.7 Å². The van der Waals surface area contributed by atoms with E-state index in [1.807, 2.05) is 38.1 Å². The zero-order chi connectivity index (χ0) is 16.8. The second-order valence-electron chi connectivity index (χ2n) is 7.36. The number of nitrogens with zero attached hydrogens (tertiary/aromatic N) is 1. The van der Waals surface area contributed by atoms with Crippen LogP contribution in [0, 0.1) is 5.92 Å². The first-order valence-electron chi connectivity index (χ1n) is 8.00. The first-order valence-corrected chi connectivity index (χ1v) is 9.51. The summed E-state index contributed by atoms with van der Waals surface area (Å²) in [6, 6.07) is 7.87. The summed E-state index contributed by atoms with van der Waals surface area (Å²) in [5, 5.41) is 8.57. The summed E-state index contributed by atoms with van der Waals surface area (Å²) in [5.74, 6) is -0.973. The Bertz CT molecular complexity index is 701. The van der Waals surface area contributed by atoms with E-state index in [0.29, 0.717) is 25.8 Å². The number of fused-ring (bicyclic) bond motifs is 1. The van der Waals surface area contributed by atoms with E-state index >= 15 is 0 Å². The molecule has 6 heteroatoms. The van der Waals surface area contributed by atoms with Crippen molar-refractivity contribution in [3.63, 3.8) is 0 Å². The number of hydrogen-bond donors (Lipinski definition) is 1. The Morgan fingerprint density at radius 2 is 1.83 bits per heavy atom. The Balaban J connectivity index is 1.82. The van der Waals surface area contributed by atoms with Crippen molar-refractivity contribution in [3.05, 3.63) is 35.4 Å². The maximum absolute atomic E-state index is 13.1. The largest absolute Gasteiger partial charge is 0.481 e. The highest BCUT2D eigenvalue weighted by molar-refractivity contribution is 7.89. The quantitative estimate of drug-likeness (QED) is 0.912. The van der Waals surface area contributed by atoms with Gasteiger partial charge in [-0.2, -0.15) is 4.31 Å². The lowest BCUT2D eigenvalue weighted by molar-refractivity contribution is -0.138. The van der Waals surface area contributed by atoms with Crippen LogP contribution in [0.4, 0.5) is 0 Å². The normalized spacial score (nSPS) is 24.7. The van der Waals surface area contributed by atoms with E-state index in [0.717, 1.165) is 11.1 Å². The van der Waals surface area contributed by atoms with Gasteiger partial charge in [-0.1, -0.05) is 24.3 Å². The third-order valence-corrected chi connectivity index (χ3v) is 7.53. The Labute approximate surface area is 137 Å². The molecular weight excluding hydrogens is 314 g/mol. The van der Waals surface area contributed by atoms with E-state index in [2.05, 4.69) is 0 Å². The minimum atomic E-state index is -3.44. The zero-order valence-electron chi connectivity index (χ0n) is 13.5. The number of hydrogen-bond acceptors (Lipinski definition) is 3. The van der Waals surface area contributed by atoms with Gasteiger partial charge in [-0.25, -0.2) is 8.42 Å². The van der Waals surface area contributed by atoms with E-state index in [-0.39, 0.29) is 12.3 Å². The van der Waals surface area contributed by atoms with Gasteiger partial charge in [-0.05, 0) is 50.2 Å². The van der Waals surface area contributed by atoms with Crippen molar-refractivity contribution in [2.45, 2.75) is 50.3 Å². The molecule has 1 aromatic rings. The summed E-state index contributed by atoms with van der Waals surface area (Å²) in [5.41, 5.74) is 1.70. The third kappa shape index (κ3) is 3.02. The van der Waals surface area contributed by atoms with Gasteiger partial charge in [0.2, 0.25) is 10.0 Å². The highest BCUT2D eigenvalue weighted by atomic mass is 32.2. The number of carboxylic acids is 1. The van der Waals surface area contributed by atoms with Gasteiger partial charge < -0.3 is 5.11 Å². The predicted octanol–water partition coefficient (Wildman–Crippen LogP) is 2.06. The molecule has 0 bridgehead atoms. The summed E-state index contributed by atoms with van der Waals surface area (Å²) in [4.78, 5) is 11.0. The van der Waals surface area contributed by atoms with Crippen molar-refractivity contribution in [1.29, 1.82) is 0 Å². The molecule has 3 rings (SSSR count). The molecule has 0 spiro atoms. The van der Waals surface area contributed by atoms with Crippen molar-refractivity contribution in [2.75, 3.05) is 6.54 Å². The second kappa shape index (κ2) is 5.60. The molecule has 0 amide bonds. The van der Waals surface area contributed by atoms with Gasteiger partial charge in [0.05, 0.1) is 5.25 Å². The number of benzene rings is 1. The van der Waals surface area contributed by atoms with Crippen LogP contribution in [0.25, 0.3) is 0 Å². The molecule has 1 heterocycles. The van der Waals surface area contributed by atoms with E-state index in [1.54, 1.807) is 4.31 Å². The summed E-state index contributed by atoms with van der Waals surface area (Å²) < 4.78 is 27.8. The molecule has 2 aliphatic rings. The molecule has 1 atom stereocenters. The first kappa shape index (κ1) is 16.5. The van der Waals surface area contributed by atoms with Crippen LogP contribution in [0.2, 0.25) is 0 Å². The van der Waals surface area contributed by atoms with Crippen molar-refractivity contribution in [3.8, 4) is 0 Å². The smallest absolute Gasteiger partial charge is 0.303 e. The first-order chi connectivity index (χ1) is 10.7. The minimum Gasteiger partial charge on any atom is -0.481 e. The fourth-order valence-corrected chi connectivity index (χ4v) is 6.42. The standard InChI is InChI=1S/C17H23NO4S/c1-17(2)10-12(7-16(19)20)11-18(17)23(21,22)15-8-13-5-3-4-6-14(13)9-15/h3-6,12,15H,7-11H2,1-2H3,(H,19,20). The molecule has 1 fully saturated rings. The number of aliphatic carboxylic acids is 1. The minimum absolute atomic E-state index is 0.0281. The summed E-state index contributed by atoms with van der Waals surface area (Å²) in [7, 11) is -3.44. The van der Waals surface area contributed by atoms with Crippen molar-refractivity contribution in [1.82, 2.24) is 4.31 Å². The molecule has 5 nitrogen and oxygen atoms in total. The Morgan fingerprint density at radius 3 is 2.35 bits per heavy atom. The fraction of sp³-hybridized carbons (Fsp3) is 0.588. The number of rotatable bonds is 4. The average molecular weight is 337 g/mol. The molecule has 0 saturated carbocycles. The number of carboxylic acid groups (broad SMARTS) is 1. The SMILES string of the molecule is CC1(C)CC(CC(=O)O)CN1S(=O)(=O)C1Cc2ccccc2C1. The van der Waals surface area contributed by atoms with Gasteiger partial charge in [0.25, 0.3) is 0 Å². The van der Waals surface area contributed by atoms with Crippen LogP contribution in [0.1, 0.15) is 37.8 Å². The fourth-order valence-electron chi connectivity index (χ4n) is 4.10. The molecule has 1 aliphatic heterocycles. The Hall–Kier alpha value is -1.40. The summed E-state index contributed by atoms with van der Waals surface area (Å²) in [6.07, 6.45) is 1.72. The van der Waals surface area contributed by atoms with Gasteiger partial charge in [0, 0.05) is 18.5 Å². The molecule has 1 unspecified atom stereocenters. The second-order valence-corrected chi connectivity index (χ2v) is 9.49. The van der Waals surface area contributed by atoms with Crippen LogP contribution < -0.4 is 0 Å². The van der Waals surface area contributed by atoms with E-state index in [4.69, 9.17) is 5.11 Å². The molecule has 1 N–H and O–H groups in total. The molecule has 23 heavy (non-hydrogen) atoms. The lowest BCUT2D eigenvalue weighted by atomic mass is 9.95. The molecule has 1 saturated heterocycles. The maximum atomic E-state index is 13.1. The average Bonchev–Trinajstić information content (AvgIpc) is 2.99. The predicted molar refractivity (Wildman–Crippen MR) is 87.7 cm³/mol. The van der Waals surface area contributed by atoms with E-state index < -0.39 is 26.8 Å². The third-order valence-electron chi connectivity index (χ3n) is 5.09. The van der Waals surface area contributed by atoms with E-state index in [9.17, 15) is 13.2 Å². The highest BCUT2D eigenvalue weighted by Gasteiger charge is 2.48. The monoisotopic (exact) mass is 337 g/mol. The van der Waals surface area contributed by atoms with Crippen LogP contribution in [0.3, 0.4) is 0 Å². The van der Waals surface area contributed by atoms with Gasteiger partial charge in [0.15, 0.2) is 0 Å². The van der Waals surface area contributed by atoms with Gasteiger partial charge in [-0.15, -0.1) is 0 Å². The zero-order valence-corrected chi connectivity index (χ0v) is 14.3. The van der Waals surface area contributed by atoms with Crippen LogP contribution in [0.15, 0.2) is 24.3 Å². The maximum Gasteiger partial charge on any atom is 0.303 e. The van der Waals surface area contributed by atoms with Crippen LogP contribution >= 0.6 is 0 Å². The van der Waals surface area contributed by atoms with Crippen LogP contribution in [-0.2, 0) is 27.7 Å². The Kier molecular flexibility index (Phi) is 4.01. The molecule has 1 aromatic carbocycles. The van der Waals surface area contributed by atoms with Crippen LogP contribution in [0.5, 0.6) is 0 Å². The van der Waals surface area contributed by atoms with Crippen molar-refractivity contribution < 1.29 is 18.3 Å². The van der Waals surface area contributed by atoms with Crippen molar-refractivity contribution in [2.24, 2.45) is 5.92 Å². The van der Waals surface area contributed by atoms with Gasteiger partial charge >= 0.3 is 5.97 Å². The molecule has 1 aliphatic carbocycles.